The molecule has 20 heavy (non-hydrogen) atoms. The number of benzene rings is 1. The van der Waals surface area contributed by atoms with Crippen molar-refractivity contribution < 1.29 is 0 Å². The number of halogens is 1. The predicted octanol–water partition coefficient (Wildman–Crippen LogP) is 2.79. The molecule has 0 atom stereocenters. The van der Waals surface area contributed by atoms with Gasteiger partial charge >= 0.3 is 0 Å². The number of hydrogen-bond acceptors (Lipinski definition) is 3. The van der Waals surface area contributed by atoms with Gasteiger partial charge < -0.3 is 10.3 Å². The topological polar surface area (TPSA) is 60.9 Å². The van der Waals surface area contributed by atoms with Gasteiger partial charge in [0, 0.05) is 23.5 Å². The van der Waals surface area contributed by atoms with E-state index in [4.69, 9.17) is 5.73 Å². The van der Waals surface area contributed by atoms with Crippen LogP contribution in [0.25, 0.3) is 10.9 Å². The lowest BCUT2D eigenvalue weighted by atomic mass is 10.1. The molecule has 0 saturated heterocycles. The Morgan fingerprint density at radius 2 is 2.05 bits per heavy atom. The van der Waals surface area contributed by atoms with Crippen molar-refractivity contribution >= 4 is 32.5 Å². The van der Waals surface area contributed by atoms with Crippen molar-refractivity contribution in [2.75, 3.05) is 5.73 Å². The Balaban J connectivity index is 2.13. The molecule has 2 heterocycles. The standard InChI is InChI=1S/C15H12BrN3O/c16-13-7-12(17)9-19(15(13)20)8-11-4-1-3-10-5-2-6-18-14(10)11/h1-7,9H,8,17H2. The molecule has 1 aromatic carbocycles. The highest BCUT2D eigenvalue weighted by Gasteiger charge is 2.06. The number of nitrogens with two attached hydrogens (primary N) is 1. The van der Waals surface area contributed by atoms with Gasteiger partial charge in [0.05, 0.1) is 16.5 Å². The predicted molar refractivity (Wildman–Crippen MR) is 83.7 cm³/mol. The van der Waals surface area contributed by atoms with Crippen LogP contribution in [-0.4, -0.2) is 9.55 Å². The highest BCUT2D eigenvalue weighted by atomic mass is 79.9. The van der Waals surface area contributed by atoms with E-state index in [1.165, 1.54) is 0 Å². The van der Waals surface area contributed by atoms with E-state index in [-0.39, 0.29) is 5.56 Å². The molecule has 2 N–H and O–H groups in total. The largest absolute Gasteiger partial charge is 0.398 e. The van der Waals surface area contributed by atoms with Gasteiger partial charge in [0.25, 0.3) is 5.56 Å². The minimum atomic E-state index is -0.105. The van der Waals surface area contributed by atoms with Crippen LogP contribution in [0.2, 0.25) is 0 Å². The Hall–Kier alpha value is -2.14. The van der Waals surface area contributed by atoms with Crippen molar-refractivity contribution in [2.24, 2.45) is 0 Å². The molecule has 0 aliphatic heterocycles. The lowest BCUT2D eigenvalue weighted by Crippen LogP contribution is -2.21. The van der Waals surface area contributed by atoms with Gasteiger partial charge in [-0.1, -0.05) is 24.3 Å². The summed E-state index contributed by atoms with van der Waals surface area (Å²) in [7, 11) is 0. The monoisotopic (exact) mass is 329 g/mol. The van der Waals surface area contributed by atoms with E-state index >= 15 is 0 Å². The smallest absolute Gasteiger partial charge is 0.265 e. The first-order chi connectivity index (χ1) is 9.65. The summed E-state index contributed by atoms with van der Waals surface area (Å²) in [6.45, 7) is 0.441. The van der Waals surface area contributed by atoms with E-state index in [0.29, 0.717) is 16.7 Å². The molecular weight excluding hydrogens is 318 g/mol. The summed E-state index contributed by atoms with van der Waals surface area (Å²) in [5.74, 6) is 0. The second kappa shape index (κ2) is 5.09. The fraction of sp³-hybridized carbons (Fsp3) is 0.0667. The van der Waals surface area contributed by atoms with Crippen LogP contribution in [0.3, 0.4) is 0 Å². The third-order valence-electron chi connectivity index (χ3n) is 3.12. The first-order valence-electron chi connectivity index (χ1n) is 6.13. The van der Waals surface area contributed by atoms with Gasteiger partial charge in [0.15, 0.2) is 0 Å². The van der Waals surface area contributed by atoms with Gasteiger partial charge in [-0.05, 0) is 33.6 Å². The minimum absolute atomic E-state index is 0.105. The van der Waals surface area contributed by atoms with Crippen LogP contribution in [0.5, 0.6) is 0 Å². The van der Waals surface area contributed by atoms with Gasteiger partial charge in [0.2, 0.25) is 0 Å². The quantitative estimate of drug-likeness (QED) is 0.786. The van der Waals surface area contributed by atoms with Crippen molar-refractivity contribution in [3.05, 3.63) is 69.2 Å². The van der Waals surface area contributed by atoms with Crippen LogP contribution in [0.4, 0.5) is 5.69 Å². The Bertz CT molecular complexity index is 837. The van der Waals surface area contributed by atoms with Crippen molar-refractivity contribution in [3.8, 4) is 0 Å². The maximum Gasteiger partial charge on any atom is 0.265 e. The highest BCUT2D eigenvalue weighted by Crippen LogP contribution is 2.17. The lowest BCUT2D eigenvalue weighted by Gasteiger charge is -2.09. The summed E-state index contributed by atoms with van der Waals surface area (Å²) < 4.78 is 2.05. The number of nitrogen functional groups attached to an aromatic ring is 1. The molecular formula is C15H12BrN3O. The van der Waals surface area contributed by atoms with Crippen molar-refractivity contribution in [3.63, 3.8) is 0 Å². The summed E-state index contributed by atoms with van der Waals surface area (Å²) in [6.07, 6.45) is 3.40. The van der Waals surface area contributed by atoms with Gasteiger partial charge in [-0.2, -0.15) is 0 Å². The molecule has 4 nitrogen and oxygen atoms in total. The zero-order chi connectivity index (χ0) is 14.1. The third-order valence-corrected chi connectivity index (χ3v) is 3.69. The van der Waals surface area contributed by atoms with Crippen molar-refractivity contribution in [1.82, 2.24) is 9.55 Å². The molecule has 0 fully saturated rings. The minimum Gasteiger partial charge on any atom is -0.398 e. The summed E-state index contributed by atoms with van der Waals surface area (Å²) in [5.41, 5.74) is 8.12. The van der Waals surface area contributed by atoms with Crippen LogP contribution < -0.4 is 11.3 Å². The Morgan fingerprint density at radius 1 is 1.25 bits per heavy atom. The number of pyridine rings is 2. The fourth-order valence-electron chi connectivity index (χ4n) is 2.22. The first kappa shape index (κ1) is 12.9. The summed E-state index contributed by atoms with van der Waals surface area (Å²) >= 11 is 3.23. The number of anilines is 1. The number of nitrogens with zero attached hydrogens (tertiary/aromatic N) is 2. The van der Waals surface area contributed by atoms with Crippen LogP contribution in [-0.2, 0) is 6.54 Å². The summed E-state index contributed by atoms with van der Waals surface area (Å²) in [4.78, 5) is 16.5. The van der Waals surface area contributed by atoms with Gasteiger partial charge in [0.1, 0.15) is 0 Å². The van der Waals surface area contributed by atoms with Crippen LogP contribution in [0.1, 0.15) is 5.56 Å². The van der Waals surface area contributed by atoms with E-state index in [2.05, 4.69) is 20.9 Å². The molecule has 5 heteroatoms. The number of rotatable bonds is 2. The Labute approximate surface area is 124 Å². The molecule has 0 saturated carbocycles. The second-order valence-corrected chi connectivity index (χ2v) is 5.40. The van der Waals surface area contributed by atoms with Crippen molar-refractivity contribution in [2.45, 2.75) is 6.54 Å². The zero-order valence-corrected chi connectivity index (χ0v) is 12.2. The summed E-state index contributed by atoms with van der Waals surface area (Å²) in [5, 5.41) is 1.06. The average molecular weight is 330 g/mol. The van der Waals surface area contributed by atoms with Crippen molar-refractivity contribution in [1.29, 1.82) is 0 Å². The second-order valence-electron chi connectivity index (χ2n) is 4.55. The Morgan fingerprint density at radius 3 is 2.90 bits per heavy atom. The first-order valence-corrected chi connectivity index (χ1v) is 6.92. The molecule has 0 bridgehead atoms. The van der Waals surface area contributed by atoms with E-state index in [0.717, 1.165) is 16.5 Å². The SMILES string of the molecule is Nc1cc(Br)c(=O)n(Cc2cccc3cccnc23)c1. The average Bonchev–Trinajstić information content (AvgIpc) is 2.44. The highest BCUT2D eigenvalue weighted by molar-refractivity contribution is 9.10. The van der Waals surface area contributed by atoms with Crippen LogP contribution in [0, 0.1) is 0 Å². The van der Waals surface area contributed by atoms with E-state index < -0.39 is 0 Å². The summed E-state index contributed by atoms with van der Waals surface area (Å²) in [6, 6.07) is 11.5. The molecule has 2 aromatic heterocycles. The van der Waals surface area contributed by atoms with Gasteiger partial charge in [-0.3, -0.25) is 9.78 Å². The maximum atomic E-state index is 12.1. The Kier molecular flexibility index (Phi) is 3.28. The number of aromatic nitrogens is 2. The van der Waals surface area contributed by atoms with Gasteiger partial charge in [-0.25, -0.2) is 0 Å². The molecule has 0 aliphatic rings. The maximum absolute atomic E-state index is 12.1. The molecule has 100 valence electrons. The zero-order valence-electron chi connectivity index (χ0n) is 10.6. The van der Waals surface area contributed by atoms with E-state index in [9.17, 15) is 4.79 Å². The molecule has 0 unspecified atom stereocenters. The molecule has 3 aromatic rings. The van der Waals surface area contributed by atoms with Crippen LogP contribution in [0.15, 0.2) is 58.1 Å². The normalized spacial score (nSPS) is 10.8. The third kappa shape index (κ3) is 2.32. The number of hydrogen-bond donors (Lipinski definition) is 1. The number of fused-ring (bicyclic) bond motifs is 1. The molecule has 0 spiro atoms. The van der Waals surface area contributed by atoms with E-state index in [1.807, 2.05) is 30.3 Å². The fourth-order valence-corrected chi connectivity index (χ4v) is 2.71. The van der Waals surface area contributed by atoms with E-state index in [1.54, 1.807) is 23.0 Å². The number of para-hydroxylation sites is 1. The lowest BCUT2D eigenvalue weighted by molar-refractivity contribution is 0.760. The molecule has 0 aliphatic carbocycles. The molecule has 0 amide bonds. The molecule has 0 radical (unpaired) electrons. The van der Waals surface area contributed by atoms with Crippen LogP contribution >= 0.6 is 15.9 Å². The molecule has 3 rings (SSSR count). The van der Waals surface area contributed by atoms with Gasteiger partial charge in [-0.15, -0.1) is 0 Å².